The Kier molecular flexibility index (Phi) is 5.18. The van der Waals surface area contributed by atoms with Gasteiger partial charge in [0.1, 0.15) is 23.1 Å². The number of nitrogens with one attached hydrogen (secondary N) is 1. The summed E-state index contributed by atoms with van der Waals surface area (Å²) in [5.74, 6) is 1.59. The number of benzene rings is 2. The number of thiocarbonyl (C=S) groups is 1. The van der Waals surface area contributed by atoms with Gasteiger partial charge in [-0.2, -0.15) is 0 Å². The van der Waals surface area contributed by atoms with Crippen molar-refractivity contribution in [2.45, 2.75) is 13.5 Å². The summed E-state index contributed by atoms with van der Waals surface area (Å²) >= 11 is 11.7. The van der Waals surface area contributed by atoms with Gasteiger partial charge in [0.05, 0.1) is 11.8 Å². The lowest BCUT2D eigenvalue weighted by molar-refractivity contribution is 0.306. The zero-order valence-corrected chi connectivity index (χ0v) is 14.7. The average Bonchev–Trinajstić information content (AvgIpc) is 3.02. The van der Waals surface area contributed by atoms with Crippen LogP contribution in [0.15, 0.2) is 65.3 Å². The van der Waals surface area contributed by atoms with E-state index in [1.54, 1.807) is 6.26 Å². The number of anilines is 1. The van der Waals surface area contributed by atoms with Crippen LogP contribution in [0, 0.1) is 6.92 Å². The molecule has 0 saturated heterocycles. The van der Waals surface area contributed by atoms with Crippen LogP contribution in [0.1, 0.15) is 16.9 Å². The molecule has 0 radical (unpaired) electrons. The fourth-order valence-corrected chi connectivity index (χ4v) is 2.76. The Bertz CT molecular complexity index is 846. The van der Waals surface area contributed by atoms with Gasteiger partial charge in [-0.3, -0.25) is 0 Å². The molecule has 2 aromatic carbocycles. The van der Waals surface area contributed by atoms with Gasteiger partial charge < -0.3 is 14.5 Å². The van der Waals surface area contributed by atoms with Gasteiger partial charge in [0.2, 0.25) is 0 Å². The molecule has 0 spiro atoms. The first kappa shape index (κ1) is 16.6. The van der Waals surface area contributed by atoms with Crippen molar-refractivity contribution in [3.63, 3.8) is 0 Å². The Morgan fingerprint density at radius 2 is 1.96 bits per heavy atom. The van der Waals surface area contributed by atoms with Crippen molar-refractivity contribution in [1.82, 2.24) is 0 Å². The zero-order chi connectivity index (χ0) is 16.9. The fraction of sp³-hybridized carbons (Fsp3) is 0.105. The second-order valence-electron chi connectivity index (χ2n) is 5.25. The van der Waals surface area contributed by atoms with Gasteiger partial charge in [0.25, 0.3) is 0 Å². The SMILES string of the molecule is Cc1occc1C(=S)Nc1ccc(Cl)c(COc2ccccc2)c1. The van der Waals surface area contributed by atoms with Crippen LogP contribution in [-0.2, 0) is 6.61 Å². The van der Waals surface area contributed by atoms with Crippen molar-refractivity contribution in [2.24, 2.45) is 0 Å². The molecule has 0 saturated carbocycles. The van der Waals surface area contributed by atoms with E-state index in [9.17, 15) is 0 Å². The van der Waals surface area contributed by atoms with Gasteiger partial charge >= 0.3 is 0 Å². The third kappa shape index (κ3) is 3.96. The molecule has 0 aliphatic heterocycles. The summed E-state index contributed by atoms with van der Waals surface area (Å²) in [6.45, 7) is 2.26. The van der Waals surface area contributed by atoms with E-state index in [1.807, 2.05) is 61.5 Å². The Balaban J connectivity index is 1.71. The second kappa shape index (κ2) is 7.51. The van der Waals surface area contributed by atoms with Crippen molar-refractivity contribution in [3.8, 4) is 5.75 Å². The molecule has 1 aromatic heterocycles. The van der Waals surface area contributed by atoms with Crippen molar-refractivity contribution < 1.29 is 9.15 Å². The average molecular weight is 358 g/mol. The third-order valence-electron chi connectivity index (χ3n) is 3.54. The standard InChI is InChI=1S/C19H16ClNO2S/c1-13-17(9-10-22-13)19(24)21-15-7-8-18(20)14(11-15)12-23-16-5-3-2-4-6-16/h2-11H,12H2,1H3,(H,21,24). The van der Waals surface area contributed by atoms with E-state index in [-0.39, 0.29) is 0 Å². The summed E-state index contributed by atoms with van der Waals surface area (Å²) in [6.07, 6.45) is 1.62. The molecule has 0 aliphatic rings. The van der Waals surface area contributed by atoms with Gasteiger partial charge in [-0.1, -0.05) is 42.0 Å². The van der Waals surface area contributed by atoms with Crippen LogP contribution >= 0.6 is 23.8 Å². The fourth-order valence-electron chi connectivity index (χ4n) is 2.26. The molecule has 0 aliphatic carbocycles. The molecule has 0 amide bonds. The maximum absolute atomic E-state index is 6.27. The van der Waals surface area contributed by atoms with E-state index < -0.39 is 0 Å². The minimum atomic E-state index is 0.385. The summed E-state index contributed by atoms with van der Waals surface area (Å²) in [4.78, 5) is 0.610. The van der Waals surface area contributed by atoms with E-state index in [4.69, 9.17) is 33.0 Å². The van der Waals surface area contributed by atoms with Crippen molar-refractivity contribution in [2.75, 3.05) is 5.32 Å². The second-order valence-corrected chi connectivity index (χ2v) is 6.07. The summed E-state index contributed by atoms with van der Waals surface area (Å²) in [7, 11) is 0. The molecule has 3 aromatic rings. The van der Waals surface area contributed by atoms with Gasteiger partial charge in [0.15, 0.2) is 0 Å². The lowest BCUT2D eigenvalue weighted by atomic mass is 10.2. The van der Waals surface area contributed by atoms with E-state index in [0.29, 0.717) is 16.6 Å². The number of hydrogen-bond donors (Lipinski definition) is 1. The predicted molar refractivity (Wildman–Crippen MR) is 101 cm³/mol. The first-order chi connectivity index (χ1) is 11.6. The minimum Gasteiger partial charge on any atom is -0.489 e. The molecule has 24 heavy (non-hydrogen) atoms. The van der Waals surface area contributed by atoms with E-state index >= 15 is 0 Å². The van der Waals surface area contributed by atoms with Gasteiger partial charge in [0, 0.05) is 16.3 Å². The monoisotopic (exact) mass is 357 g/mol. The number of rotatable bonds is 5. The molecule has 122 valence electrons. The Hall–Kier alpha value is -2.30. The van der Waals surface area contributed by atoms with Crippen LogP contribution in [0.2, 0.25) is 5.02 Å². The number of para-hydroxylation sites is 1. The highest BCUT2D eigenvalue weighted by Gasteiger charge is 2.09. The van der Waals surface area contributed by atoms with E-state index in [1.165, 1.54) is 0 Å². The zero-order valence-electron chi connectivity index (χ0n) is 13.1. The number of aryl methyl sites for hydroxylation is 1. The van der Waals surface area contributed by atoms with Crippen LogP contribution in [0.4, 0.5) is 5.69 Å². The van der Waals surface area contributed by atoms with E-state index in [2.05, 4.69) is 5.32 Å². The Morgan fingerprint density at radius 3 is 2.67 bits per heavy atom. The number of ether oxygens (including phenoxy) is 1. The van der Waals surface area contributed by atoms with Crippen LogP contribution in [0.25, 0.3) is 0 Å². The maximum Gasteiger partial charge on any atom is 0.119 e. The molecule has 0 fully saturated rings. The molecule has 1 N–H and O–H groups in total. The Labute approximate surface area is 151 Å². The van der Waals surface area contributed by atoms with Gasteiger partial charge in [-0.15, -0.1) is 0 Å². The highest BCUT2D eigenvalue weighted by Crippen LogP contribution is 2.23. The molecular formula is C19H16ClNO2S. The quantitative estimate of drug-likeness (QED) is 0.602. The normalized spacial score (nSPS) is 10.4. The summed E-state index contributed by atoms with van der Waals surface area (Å²) < 4.78 is 11.0. The first-order valence-corrected chi connectivity index (χ1v) is 8.24. The molecule has 3 rings (SSSR count). The van der Waals surface area contributed by atoms with Crippen LogP contribution in [-0.4, -0.2) is 4.99 Å². The van der Waals surface area contributed by atoms with Gasteiger partial charge in [-0.25, -0.2) is 0 Å². The highest BCUT2D eigenvalue weighted by atomic mass is 35.5. The Morgan fingerprint density at radius 1 is 1.17 bits per heavy atom. The van der Waals surface area contributed by atoms with Crippen molar-refractivity contribution in [1.29, 1.82) is 0 Å². The lowest BCUT2D eigenvalue weighted by Crippen LogP contribution is -2.11. The molecule has 0 unspecified atom stereocenters. The number of hydrogen-bond acceptors (Lipinski definition) is 3. The molecule has 0 atom stereocenters. The number of furan rings is 1. The van der Waals surface area contributed by atoms with Crippen LogP contribution < -0.4 is 10.1 Å². The topological polar surface area (TPSA) is 34.4 Å². The first-order valence-electron chi connectivity index (χ1n) is 7.45. The van der Waals surface area contributed by atoms with Crippen LogP contribution in [0.5, 0.6) is 5.75 Å². The van der Waals surface area contributed by atoms with Crippen LogP contribution in [0.3, 0.4) is 0 Å². The summed E-state index contributed by atoms with van der Waals surface area (Å²) in [5, 5.41) is 3.86. The molecular weight excluding hydrogens is 342 g/mol. The molecule has 3 nitrogen and oxygen atoms in total. The highest BCUT2D eigenvalue weighted by molar-refractivity contribution is 7.81. The van der Waals surface area contributed by atoms with E-state index in [0.717, 1.165) is 28.3 Å². The smallest absolute Gasteiger partial charge is 0.119 e. The maximum atomic E-state index is 6.27. The third-order valence-corrected chi connectivity index (χ3v) is 4.24. The number of halogens is 1. The minimum absolute atomic E-state index is 0.385. The molecule has 1 heterocycles. The molecule has 0 bridgehead atoms. The predicted octanol–water partition coefficient (Wildman–Crippen LogP) is 5.61. The lowest BCUT2D eigenvalue weighted by Gasteiger charge is -2.12. The van der Waals surface area contributed by atoms with Crippen molar-refractivity contribution >= 4 is 34.5 Å². The largest absolute Gasteiger partial charge is 0.489 e. The summed E-state index contributed by atoms with van der Waals surface area (Å²) in [6, 6.07) is 17.1. The molecule has 5 heteroatoms. The van der Waals surface area contributed by atoms with Crippen molar-refractivity contribution in [3.05, 3.63) is 82.8 Å². The van der Waals surface area contributed by atoms with Gasteiger partial charge in [-0.05, 0) is 43.3 Å². The summed E-state index contributed by atoms with van der Waals surface area (Å²) in [5.41, 5.74) is 2.62.